The van der Waals surface area contributed by atoms with Crippen molar-refractivity contribution in [3.8, 4) is 10.4 Å². The molecule has 2 heterocycles. The molecule has 0 aliphatic rings. The maximum absolute atomic E-state index is 12.1. The van der Waals surface area contributed by atoms with Gasteiger partial charge in [-0.05, 0) is 30.4 Å². The van der Waals surface area contributed by atoms with Gasteiger partial charge in [0.05, 0.1) is 5.56 Å². The molecular formula is C19H20N2OS. The minimum atomic E-state index is -0.354. The van der Waals surface area contributed by atoms with Crippen LogP contribution in [0, 0.1) is 6.92 Å². The number of hydrogen-bond acceptors (Lipinski definition) is 2. The highest BCUT2D eigenvalue weighted by atomic mass is 32.1. The monoisotopic (exact) mass is 324 g/mol. The molecule has 3 rings (SSSR count). The second-order valence-electron chi connectivity index (χ2n) is 5.55. The highest BCUT2D eigenvalue weighted by molar-refractivity contribution is 7.13. The molecule has 0 saturated carbocycles. The van der Waals surface area contributed by atoms with E-state index in [4.69, 9.17) is 5.73 Å². The van der Waals surface area contributed by atoms with E-state index in [0.29, 0.717) is 5.56 Å². The largest absolute Gasteiger partial charge is 0.366 e. The molecular weight excluding hydrogens is 304 g/mol. The van der Waals surface area contributed by atoms with Crippen molar-refractivity contribution < 1.29 is 4.79 Å². The Balaban J connectivity index is 2.20. The zero-order valence-electron chi connectivity index (χ0n) is 13.4. The van der Waals surface area contributed by atoms with E-state index in [0.717, 1.165) is 29.1 Å². The van der Waals surface area contributed by atoms with E-state index in [1.54, 1.807) is 11.3 Å². The Morgan fingerprint density at radius 1 is 1.17 bits per heavy atom. The number of benzene rings is 1. The first-order valence-electron chi connectivity index (χ1n) is 7.73. The summed E-state index contributed by atoms with van der Waals surface area (Å²) in [6, 6.07) is 14.4. The summed E-state index contributed by atoms with van der Waals surface area (Å²) in [4.78, 5) is 13.2. The lowest BCUT2D eigenvalue weighted by atomic mass is 10.1. The fourth-order valence-corrected chi connectivity index (χ4v) is 3.93. The number of nitrogens with two attached hydrogens (primary N) is 1. The van der Waals surface area contributed by atoms with Crippen molar-refractivity contribution >= 4 is 17.2 Å². The molecule has 3 nitrogen and oxygen atoms in total. The number of thiophene rings is 1. The summed E-state index contributed by atoms with van der Waals surface area (Å²) >= 11 is 1.64. The van der Waals surface area contributed by atoms with Crippen LogP contribution in [-0.4, -0.2) is 10.5 Å². The number of rotatable bonds is 5. The Labute approximate surface area is 140 Å². The molecule has 4 heteroatoms. The topological polar surface area (TPSA) is 48.0 Å². The first kappa shape index (κ1) is 15.6. The van der Waals surface area contributed by atoms with Crippen LogP contribution in [0.5, 0.6) is 0 Å². The van der Waals surface area contributed by atoms with Gasteiger partial charge in [-0.3, -0.25) is 4.79 Å². The summed E-state index contributed by atoms with van der Waals surface area (Å²) in [5, 5.41) is 2.03. The van der Waals surface area contributed by atoms with Crippen molar-refractivity contribution in [3.63, 3.8) is 0 Å². The van der Waals surface area contributed by atoms with Crippen molar-refractivity contribution in [3.05, 3.63) is 70.4 Å². The Kier molecular flexibility index (Phi) is 4.35. The molecule has 0 unspecified atom stereocenters. The normalized spacial score (nSPS) is 10.9. The zero-order chi connectivity index (χ0) is 16.4. The van der Waals surface area contributed by atoms with Crippen LogP contribution in [0.25, 0.3) is 10.4 Å². The number of carbonyl (C=O) groups excluding carboxylic acids is 1. The predicted octanol–water partition coefficient (Wildman–Crippen LogP) is 4.23. The lowest BCUT2D eigenvalue weighted by molar-refractivity contribution is 0.1000. The lowest BCUT2D eigenvalue weighted by Crippen LogP contribution is -2.13. The molecule has 0 atom stereocenters. The second kappa shape index (κ2) is 6.42. The summed E-state index contributed by atoms with van der Waals surface area (Å²) < 4.78 is 2.23. The van der Waals surface area contributed by atoms with E-state index in [1.807, 2.05) is 36.6 Å². The molecule has 0 spiro atoms. The van der Waals surface area contributed by atoms with Gasteiger partial charge in [0.2, 0.25) is 0 Å². The zero-order valence-corrected chi connectivity index (χ0v) is 14.2. The van der Waals surface area contributed by atoms with Gasteiger partial charge in [-0.15, -0.1) is 11.3 Å². The number of aromatic nitrogens is 1. The molecule has 1 amide bonds. The van der Waals surface area contributed by atoms with Crippen molar-refractivity contribution in [2.24, 2.45) is 5.73 Å². The van der Waals surface area contributed by atoms with E-state index in [2.05, 4.69) is 29.7 Å². The molecule has 0 aliphatic heterocycles. The average Bonchev–Trinajstić information content (AvgIpc) is 3.15. The summed E-state index contributed by atoms with van der Waals surface area (Å²) in [5.74, 6) is -0.354. The minimum absolute atomic E-state index is 0.354. The van der Waals surface area contributed by atoms with Crippen LogP contribution < -0.4 is 5.73 Å². The van der Waals surface area contributed by atoms with Crippen LogP contribution in [0.2, 0.25) is 0 Å². The van der Waals surface area contributed by atoms with Crippen LogP contribution >= 0.6 is 11.3 Å². The smallest absolute Gasteiger partial charge is 0.251 e. The third-order valence-corrected chi connectivity index (χ3v) is 5.05. The van der Waals surface area contributed by atoms with Gasteiger partial charge in [0.1, 0.15) is 0 Å². The maximum Gasteiger partial charge on any atom is 0.251 e. The number of amides is 1. The SMILES string of the molecule is CCc1c(-c2cccs2)c(C(N)=O)c(C)n1Cc1ccccc1. The van der Waals surface area contributed by atoms with Gasteiger partial charge in [-0.2, -0.15) is 0 Å². The maximum atomic E-state index is 12.1. The van der Waals surface area contributed by atoms with Gasteiger partial charge in [-0.1, -0.05) is 43.3 Å². The molecule has 0 radical (unpaired) electrons. The average molecular weight is 324 g/mol. The van der Waals surface area contributed by atoms with Crippen molar-refractivity contribution in [2.45, 2.75) is 26.8 Å². The summed E-state index contributed by atoms with van der Waals surface area (Å²) in [6.07, 6.45) is 0.855. The molecule has 0 bridgehead atoms. The summed E-state index contributed by atoms with van der Waals surface area (Å²) in [6.45, 7) is 4.86. The first-order chi connectivity index (χ1) is 11.1. The minimum Gasteiger partial charge on any atom is -0.366 e. The Morgan fingerprint density at radius 3 is 2.48 bits per heavy atom. The third kappa shape index (κ3) is 2.82. The van der Waals surface area contributed by atoms with Crippen LogP contribution in [0.1, 0.15) is 34.2 Å². The van der Waals surface area contributed by atoms with Gasteiger partial charge < -0.3 is 10.3 Å². The van der Waals surface area contributed by atoms with Crippen LogP contribution in [0.4, 0.5) is 0 Å². The van der Waals surface area contributed by atoms with Crippen molar-refractivity contribution in [1.82, 2.24) is 4.57 Å². The van der Waals surface area contributed by atoms with Gasteiger partial charge in [-0.25, -0.2) is 0 Å². The molecule has 0 aliphatic carbocycles. The Morgan fingerprint density at radius 2 is 1.91 bits per heavy atom. The fourth-order valence-electron chi connectivity index (χ4n) is 3.13. The summed E-state index contributed by atoms with van der Waals surface area (Å²) in [7, 11) is 0. The van der Waals surface area contributed by atoms with Crippen LogP contribution in [0.15, 0.2) is 47.8 Å². The van der Waals surface area contributed by atoms with E-state index in [1.165, 1.54) is 11.3 Å². The highest BCUT2D eigenvalue weighted by Crippen LogP contribution is 2.36. The van der Waals surface area contributed by atoms with Gasteiger partial charge >= 0.3 is 0 Å². The lowest BCUT2D eigenvalue weighted by Gasteiger charge is -2.11. The number of hydrogen-bond donors (Lipinski definition) is 1. The van der Waals surface area contributed by atoms with E-state index in [-0.39, 0.29) is 5.91 Å². The number of nitrogens with zero attached hydrogens (tertiary/aromatic N) is 1. The van der Waals surface area contributed by atoms with Crippen molar-refractivity contribution in [2.75, 3.05) is 0 Å². The molecule has 0 saturated heterocycles. The third-order valence-electron chi connectivity index (χ3n) is 4.16. The Hall–Kier alpha value is -2.33. The van der Waals surface area contributed by atoms with Crippen LogP contribution in [0.3, 0.4) is 0 Å². The van der Waals surface area contributed by atoms with Crippen LogP contribution in [-0.2, 0) is 13.0 Å². The quantitative estimate of drug-likeness (QED) is 0.750. The molecule has 1 aromatic carbocycles. The standard InChI is InChI=1S/C19H20N2OS/c1-3-15-18(16-10-7-11-23-16)17(19(20)22)13(2)21(15)12-14-8-5-4-6-9-14/h4-11H,3,12H2,1-2H3,(H2,20,22). The fraction of sp³-hybridized carbons (Fsp3) is 0.211. The molecule has 0 fully saturated rings. The number of primary amides is 1. The van der Waals surface area contributed by atoms with Crippen molar-refractivity contribution in [1.29, 1.82) is 0 Å². The van der Waals surface area contributed by atoms with Gasteiger partial charge in [0.15, 0.2) is 0 Å². The molecule has 23 heavy (non-hydrogen) atoms. The second-order valence-corrected chi connectivity index (χ2v) is 6.50. The first-order valence-corrected chi connectivity index (χ1v) is 8.61. The Bertz CT molecular complexity index is 817. The predicted molar refractivity (Wildman–Crippen MR) is 95.9 cm³/mol. The van der Waals surface area contributed by atoms with Gasteiger partial charge in [0.25, 0.3) is 5.91 Å². The molecule has 3 aromatic rings. The van der Waals surface area contributed by atoms with E-state index in [9.17, 15) is 4.79 Å². The van der Waals surface area contributed by atoms with E-state index < -0.39 is 0 Å². The molecule has 2 N–H and O–H groups in total. The number of carbonyl (C=O) groups is 1. The summed E-state index contributed by atoms with van der Waals surface area (Å²) in [5.41, 5.74) is 10.7. The van der Waals surface area contributed by atoms with E-state index >= 15 is 0 Å². The molecule has 118 valence electrons. The molecule has 2 aromatic heterocycles. The highest BCUT2D eigenvalue weighted by Gasteiger charge is 2.24. The van der Waals surface area contributed by atoms with Gasteiger partial charge in [0, 0.05) is 28.4 Å².